The van der Waals surface area contributed by atoms with E-state index < -0.39 is 9.84 Å². The van der Waals surface area contributed by atoms with E-state index in [1.165, 1.54) is 24.5 Å². The Morgan fingerprint density at radius 3 is 2.00 bits per heavy atom. The van der Waals surface area contributed by atoms with E-state index in [0.717, 1.165) is 0 Å². The van der Waals surface area contributed by atoms with E-state index in [1.807, 2.05) is 0 Å². The lowest BCUT2D eigenvalue weighted by Crippen LogP contribution is -2.01. The Morgan fingerprint density at radius 2 is 1.39 bits per heavy atom. The molecule has 0 amide bonds. The smallest absolute Gasteiger partial charge is 0.321 e. The van der Waals surface area contributed by atoms with Gasteiger partial charge in [-0.15, -0.1) is 0 Å². The maximum atomic E-state index is 12.5. The summed E-state index contributed by atoms with van der Waals surface area (Å²) in [4.78, 5) is 8.25. The van der Waals surface area contributed by atoms with Crippen molar-refractivity contribution in [3.05, 3.63) is 72.0 Å². The van der Waals surface area contributed by atoms with Gasteiger partial charge in [-0.2, -0.15) is 0 Å². The normalized spacial score (nSPS) is 11.2. The van der Waals surface area contributed by atoms with Crippen molar-refractivity contribution in [1.82, 2.24) is 9.97 Å². The van der Waals surface area contributed by atoms with E-state index in [9.17, 15) is 8.42 Å². The molecule has 0 radical (unpaired) electrons. The van der Waals surface area contributed by atoms with E-state index in [-0.39, 0.29) is 15.8 Å². The number of hydrogen-bond acceptors (Lipinski definition) is 5. The maximum Gasteiger partial charge on any atom is 0.321 e. The van der Waals surface area contributed by atoms with E-state index >= 15 is 0 Å². The summed E-state index contributed by atoms with van der Waals surface area (Å²) in [5.74, 6) is 0.430. The molecule has 0 spiro atoms. The van der Waals surface area contributed by atoms with Crippen molar-refractivity contribution in [2.75, 3.05) is 0 Å². The van der Waals surface area contributed by atoms with Gasteiger partial charge in [-0.3, -0.25) is 0 Å². The van der Waals surface area contributed by atoms with Crippen LogP contribution in [0.25, 0.3) is 0 Å². The highest BCUT2D eigenvalue weighted by atomic mass is 35.5. The molecular formula is C16H11ClN2O3S. The first-order valence-electron chi connectivity index (χ1n) is 6.61. The Hall–Kier alpha value is -2.44. The molecule has 0 saturated carbocycles. The number of benzene rings is 2. The molecule has 5 nitrogen and oxygen atoms in total. The fourth-order valence-electron chi connectivity index (χ4n) is 1.88. The molecule has 0 aliphatic rings. The van der Waals surface area contributed by atoms with Crippen molar-refractivity contribution in [2.45, 2.75) is 9.79 Å². The molecule has 7 heteroatoms. The summed E-state index contributed by atoms with van der Waals surface area (Å²) in [6, 6.07) is 14.4. The largest absolute Gasteiger partial charge is 0.424 e. The molecule has 23 heavy (non-hydrogen) atoms. The zero-order chi connectivity index (χ0) is 16.3. The van der Waals surface area contributed by atoms with Crippen LogP contribution in [0.15, 0.2) is 76.8 Å². The Kier molecular flexibility index (Phi) is 4.27. The SMILES string of the molecule is O=S(=O)(c1ccccc1)c1ccc(Oc2ncc(Cl)cn2)cc1. The van der Waals surface area contributed by atoms with Crippen molar-refractivity contribution >= 4 is 21.4 Å². The van der Waals surface area contributed by atoms with Crippen LogP contribution in [0.2, 0.25) is 5.02 Å². The average Bonchev–Trinajstić information content (AvgIpc) is 2.58. The molecule has 116 valence electrons. The Morgan fingerprint density at radius 1 is 0.826 bits per heavy atom. The van der Waals surface area contributed by atoms with Crippen molar-refractivity contribution in [1.29, 1.82) is 0 Å². The summed E-state index contributed by atoms with van der Waals surface area (Å²) in [6.45, 7) is 0. The van der Waals surface area contributed by atoms with Crippen molar-refractivity contribution in [3.63, 3.8) is 0 Å². The van der Waals surface area contributed by atoms with Crippen molar-refractivity contribution < 1.29 is 13.2 Å². The summed E-state index contributed by atoms with van der Waals surface area (Å²) < 4.78 is 30.4. The molecule has 2 aromatic carbocycles. The van der Waals surface area contributed by atoms with Gasteiger partial charge in [0.05, 0.1) is 27.2 Å². The van der Waals surface area contributed by atoms with Gasteiger partial charge < -0.3 is 4.74 Å². The zero-order valence-electron chi connectivity index (χ0n) is 11.8. The van der Waals surface area contributed by atoms with Crippen LogP contribution >= 0.6 is 11.6 Å². The standard InChI is InChI=1S/C16H11ClN2O3S/c17-12-10-18-16(19-11-12)22-13-6-8-15(9-7-13)23(20,21)14-4-2-1-3-5-14/h1-11H. The lowest BCUT2D eigenvalue weighted by molar-refractivity contribution is 0.441. The first-order valence-corrected chi connectivity index (χ1v) is 8.47. The fraction of sp³-hybridized carbons (Fsp3) is 0. The highest BCUT2D eigenvalue weighted by Crippen LogP contribution is 2.24. The first kappa shape index (κ1) is 15.5. The molecule has 0 bridgehead atoms. The van der Waals surface area contributed by atoms with Gasteiger partial charge in [0.15, 0.2) is 0 Å². The number of nitrogens with zero attached hydrogens (tertiary/aromatic N) is 2. The molecule has 0 aliphatic heterocycles. The molecule has 3 aromatic rings. The van der Waals surface area contributed by atoms with Crippen LogP contribution in [0.5, 0.6) is 11.8 Å². The molecule has 0 N–H and O–H groups in total. The molecule has 0 aliphatic carbocycles. The topological polar surface area (TPSA) is 69.2 Å². The van der Waals surface area contributed by atoms with Crippen LogP contribution < -0.4 is 4.74 Å². The third kappa shape index (κ3) is 3.49. The number of sulfone groups is 1. The van der Waals surface area contributed by atoms with Gasteiger partial charge in [0.25, 0.3) is 0 Å². The third-order valence-corrected chi connectivity index (χ3v) is 4.97. The second-order valence-electron chi connectivity index (χ2n) is 4.57. The van der Waals surface area contributed by atoms with E-state index in [0.29, 0.717) is 10.8 Å². The molecule has 0 fully saturated rings. The highest BCUT2D eigenvalue weighted by molar-refractivity contribution is 7.91. The predicted octanol–water partition coefficient (Wildman–Crippen LogP) is 3.76. The lowest BCUT2D eigenvalue weighted by Gasteiger charge is -2.06. The first-order chi connectivity index (χ1) is 11.1. The van der Waals surface area contributed by atoms with Gasteiger partial charge in [0, 0.05) is 0 Å². The monoisotopic (exact) mass is 346 g/mol. The molecule has 0 unspecified atom stereocenters. The zero-order valence-corrected chi connectivity index (χ0v) is 13.3. The highest BCUT2D eigenvalue weighted by Gasteiger charge is 2.17. The van der Waals surface area contributed by atoms with Gasteiger partial charge in [-0.25, -0.2) is 18.4 Å². The minimum Gasteiger partial charge on any atom is -0.424 e. The third-order valence-electron chi connectivity index (χ3n) is 2.99. The summed E-state index contributed by atoms with van der Waals surface area (Å²) >= 11 is 5.70. The quantitative estimate of drug-likeness (QED) is 0.719. The van der Waals surface area contributed by atoms with Gasteiger partial charge in [0.2, 0.25) is 9.84 Å². The number of ether oxygens (including phenoxy) is 1. The minimum absolute atomic E-state index is 0.132. The van der Waals surface area contributed by atoms with Crippen LogP contribution in [0.4, 0.5) is 0 Å². The molecule has 1 aromatic heterocycles. The summed E-state index contributed by atoms with van der Waals surface area (Å²) in [5.41, 5.74) is 0. The molecule has 0 saturated heterocycles. The van der Waals surface area contributed by atoms with Gasteiger partial charge in [0.1, 0.15) is 5.75 Å². The summed E-state index contributed by atoms with van der Waals surface area (Å²) in [5, 5.41) is 0.404. The van der Waals surface area contributed by atoms with E-state index in [4.69, 9.17) is 16.3 Å². The Bertz CT molecular complexity index is 896. The van der Waals surface area contributed by atoms with Crippen LogP contribution in [-0.4, -0.2) is 18.4 Å². The Balaban J connectivity index is 1.83. The average molecular weight is 347 g/mol. The summed E-state index contributed by atoms with van der Waals surface area (Å²) in [6.07, 6.45) is 2.83. The number of rotatable bonds is 4. The molecule has 3 rings (SSSR count). The summed E-state index contributed by atoms with van der Waals surface area (Å²) in [7, 11) is -3.54. The number of hydrogen-bond donors (Lipinski definition) is 0. The van der Waals surface area contributed by atoms with Crippen molar-refractivity contribution in [2.24, 2.45) is 0 Å². The lowest BCUT2D eigenvalue weighted by atomic mass is 10.3. The molecule has 0 atom stereocenters. The van der Waals surface area contributed by atoms with Crippen LogP contribution in [0.3, 0.4) is 0 Å². The van der Waals surface area contributed by atoms with Crippen LogP contribution in [0.1, 0.15) is 0 Å². The fourth-order valence-corrected chi connectivity index (χ4v) is 3.26. The second-order valence-corrected chi connectivity index (χ2v) is 6.96. The molecule has 1 heterocycles. The molecular weight excluding hydrogens is 336 g/mol. The van der Waals surface area contributed by atoms with Gasteiger partial charge in [-0.1, -0.05) is 29.8 Å². The van der Waals surface area contributed by atoms with Gasteiger partial charge >= 0.3 is 6.01 Å². The van der Waals surface area contributed by atoms with Crippen molar-refractivity contribution in [3.8, 4) is 11.8 Å². The van der Waals surface area contributed by atoms with Crippen LogP contribution in [0, 0.1) is 0 Å². The van der Waals surface area contributed by atoms with E-state index in [1.54, 1.807) is 42.5 Å². The minimum atomic E-state index is -3.54. The van der Waals surface area contributed by atoms with Crippen LogP contribution in [-0.2, 0) is 9.84 Å². The maximum absolute atomic E-state index is 12.5. The number of aromatic nitrogens is 2. The Labute approximate surface area is 138 Å². The van der Waals surface area contributed by atoms with E-state index in [2.05, 4.69) is 9.97 Å². The number of halogens is 1. The predicted molar refractivity (Wildman–Crippen MR) is 85.5 cm³/mol. The second kappa shape index (κ2) is 6.36. The van der Waals surface area contributed by atoms with Gasteiger partial charge in [-0.05, 0) is 36.4 Å².